The van der Waals surface area contributed by atoms with E-state index in [4.69, 9.17) is 9.47 Å². The number of nitrogens with one attached hydrogen (secondary N) is 1. The number of carbonyl (C=O) groups excluding carboxylic acids is 2. The molecule has 5 nitrogen and oxygen atoms in total. The number of ether oxygens (including phenoxy) is 2. The fraction of sp³-hybridized carbons (Fsp3) is 0.333. The van der Waals surface area contributed by atoms with E-state index in [0.717, 1.165) is 33.5 Å². The van der Waals surface area contributed by atoms with Crippen LogP contribution in [0, 0.1) is 34.6 Å². The highest BCUT2D eigenvalue weighted by Gasteiger charge is 2.12. The molecule has 0 spiro atoms. The smallest absolute Gasteiger partial charge is 0.344 e. The molecule has 1 amide bonds. The molecule has 2 rings (SSSR count). The van der Waals surface area contributed by atoms with Crippen LogP contribution in [0.25, 0.3) is 0 Å². The molecule has 26 heavy (non-hydrogen) atoms. The number of esters is 1. The van der Waals surface area contributed by atoms with Crippen LogP contribution in [0.1, 0.15) is 27.8 Å². The largest absolute Gasteiger partial charge is 0.482 e. The zero-order valence-corrected chi connectivity index (χ0v) is 15.9. The van der Waals surface area contributed by atoms with Crippen LogP contribution in [-0.4, -0.2) is 25.1 Å². The third kappa shape index (κ3) is 5.62. The van der Waals surface area contributed by atoms with Gasteiger partial charge in [0, 0.05) is 5.69 Å². The molecule has 2 aromatic rings. The van der Waals surface area contributed by atoms with Crippen LogP contribution >= 0.6 is 0 Å². The summed E-state index contributed by atoms with van der Waals surface area (Å²) in [6, 6.07) is 9.69. The number of benzene rings is 2. The van der Waals surface area contributed by atoms with E-state index in [1.165, 1.54) is 0 Å². The van der Waals surface area contributed by atoms with Crippen molar-refractivity contribution in [3.63, 3.8) is 0 Å². The monoisotopic (exact) mass is 355 g/mol. The molecular weight excluding hydrogens is 330 g/mol. The van der Waals surface area contributed by atoms with Crippen LogP contribution in [0.4, 0.5) is 5.69 Å². The predicted molar refractivity (Wildman–Crippen MR) is 102 cm³/mol. The van der Waals surface area contributed by atoms with Gasteiger partial charge < -0.3 is 14.8 Å². The molecule has 0 aliphatic heterocycles. The Kier molecular flexibility index (Phi) is 6.39. The molecule has 0 atom stereocenters. The van der Waals surface area contributed by atoms with Gasteiger partial charge in [-0.25, -0.2) is 4.79 Å². The Morgan fingerprint density at radius 3 is 1.92 bits per heavy atom. The first-order valence-corrected chi connectivity index (χ1v) is 8.49. The fourth-order valence-electron chi connectivity index (χ4n) is 2.90. The lowest BCUT2D eigenvalue weighted by molar-refractivity contribution is -0.149. The summed E-state index contributed by atoms with van der Waals surface area (Å²) in [6.45, 7) is 9.19. The molecule has 0 saturated heterocycles. The SMILES string of the molecule is Cc1cc(C)cc(OCC(=O)OCC(=O)Nc2c(C)cc(C)cc2C)c1. The second kappa shape index (κ2) is 8.52. The van der Waals surface area contributed by atoms with Gasteiger partial charge in [-0.3, -0.25) is 4.79 Å². The van der Waals surface area contributed by atoms with E-state index in [1.54, 1.807) is 0 Å². The molecular formula is C21H25NO4. The maximum atomic E-state index is 12.0. The van der Waals surface area contributed by atoms with Crippen LogP contribution in [0.5, 0.6) is 5.75 Å². The summed E-state index contributed by atoms with van der Waals surface area (Å²) >= 11 is 0. The summed E-state index contributed by atoms with van der Waals surface area (Å²) < 4.78 is 10.4. The minimum atomic E-state index is -0.586. The third-order valence-electron chi connectivity index (χ3n) is 3.86. The number of rotatable bonds is 6. The van der Waals surface area contributed by atoms with Gasteiger partial charge in [0.05, 0.1) is 0 Å². The second-order valence-corrected chi connectivity index (χ2v) is 6.59. The van der Waals surface area contributed by atoms with Crippen LogP contribution < -0.4 is 10.1 Å². The van der Waals surface area contributed by atoms with E-state index in [2.05, 4.69) is 5.32 Å². The normalized spacial score (nSPS) is 10.3. The van der Waals surface area contributed by atoms with Gasteiger partial charge in [-0.05, 0) is 69.0 Å². The topological polar surface area (TPSA) is 64.6 Å². The van der Waals surface area contributed by atoms with Gasteiger partial charge in [0.2, 0.25) is 0 Å². The minimum absolute atomic E-state index is 0.237. The maximum absolute atomic E-state index is 12.0. The lowest BCUT2D eigenvalue weighted by Gasteiger charge is -2.13. The summed E-state index contributed by atoms with van der Waals surface area (Å²) in [4.78, 5) is 23.8. The third-order valence-corrected chi connectivity index (χ3v) is 3.86. The Morgan fingerprint density at radius 2 is 1.35 bits per heavy atom. The summed E-state index contributed by atoms with van der Waals surface area (Å²) in [6.07, 6.45) is 0. The van der Waals surface area contributed by atoms with E-state index in [1.807, 2.05) is 65.0 Å². The van der Waals surface area contributed by atoms with Crippen molar-refractivity contribution in [2.24, 2.45) is 0 Å². The minimum Gasteiger partial charge on any atom is -0.482 e. The summed E-state index contributed by atoms with van der Waals surface area (Å²) in [5.41, 5.74) is 5.94. The van der Waals surface area contributed by atoms with Crippen LogP contribution in [0.2, 0.25) is 0 Å². The molecule has 0 aromatic heterocycles. The first-order chi connectivity index (χ1) is 12.2. The molecule has 138 valence electrons. The van der Waals surface area contributed by atoms with Crippen molar-refractivity contribution in [1.29, 1.82) is 0 Å². The molecule has 0 saturated carbocycles. The number of amides is 1. The fourth-order valence-corrected chi connectivity index (χ4v) is 2.90. The number of anilines is 1. The number of hydrogen-bond donors (Lipinski definition) is 1. The molecule has 0 aliphatic rings. The molecule has 0 aliphatic carbocycles. The van der Waals surface area contributed by atoms with E-state index >= 15 is 0 Å². The first kappa shape index (κ1) is 19.5. The van der Waals surface area contributed by atoms with Crippen LogP contribution in [0.3, 0.4) is 0 Å². The summed E-state index contributed by atoms with van der Waals surface area (Å²) in [5.74, 6) is -0.355. The van der Waals surface area contributed by atoms with Gasteiger partial charge >= 0.3 is 5.97 Å². The quantitative estimate of drug-likeness (QED) is 0.801. The van der Waals surface area contributed by atoms with E-state index in [0.29, 0.717) is 5.75 Å². The van der Waals surface area contributed by atoms with Gasteiger partial charge in [-0.2, -0.15) is 0 Å². The van der Waals surface area contributed by atoms with Crippen molar-refractivity contribution < 1.29 is 19.1 Å². The number of hydrogen-bond acceptors (Lipinski definition) is 4. The van der Waals surface area contributed by atoms with Crippen molar-refractivity contribution in [2.45, 2.75) is 34.6 Å². The Morgan fingerprint density at radius 1 is 0.808 bits per heavy atom. The second-order valence-electron chi connectivity index (χ2n) is 6.59. The Hall–Kier alpha value is -2.82. The highest BCUT2D eigenvalue weighted by Crippen LogP contribution is 2.21. The molecule has 0 radical (unpaired) electrons. The number of carbonyl (C=O) groups is 2. The highest BCUT2D eigenvalue weighted by molar-refractivity contribution is 5.94. The Bertz CT molecular complexity index is 784. The van der Waals surface area contributed by atoms with E-state index in [9.17, 15) is 9.59 Å². The molecule has 0 heterocycles. The van der Waals surface area contributed by atoms with Crippen LogP contribution in [0.15, 0.2) is 30.3 Å². The van der Waals surface area contributed by atoms with E-state index < -0.39 is 5.97 Å². The van der Waals surface area contributed by atoms with Crippen LogP contribution in [-0.2, 0) is 14.3 Å². The van der Waals surface area contributed by atoms with Crippen molar-refractivity contribution >= 4 is 17.6 Å². The maximum Gasteiger partial charge on any atom is 0.344 e. The van der Waals surface area contributed by atoms with Gasteiger partial charge in [0.25, 0.3) is 5.91 Å². The lowest BCUT2D eigenvalue weighted by atomic mass is 10.1. The molecule has 0 fully saturated rings. The number of aryl methyl sites for hydroxylation is 5. The van der Waals surface area contributed by atoms with Crippen molar-refractivity contribution in [3.05, 3.63) is 58.1 Å². The average Bonchev–Trinajstić information content (AvgIpc) is 2.53. The molecule has 5 heteroatoms. The summed E-state index contributed by atoms with van der Waals surface area (Å²) in [7, 11) is 0. The van der Waals surface area contributed by atoms with Crippen molar-refractivity contribution in [2.75, 3.05) is 18.5 Å². The van der Waals surface area contributed by atoms with Gasteiger partial charge in [0.1, 0.15) is 5.75 Å². The van der Waals surface area contributed by atoms with Crippen molar-refractivity contribution in [3.8, 4) is 5.75 Å². The standard InChI is InChI=1S/C21H25NO4/c1-13-6-14(2)10-18(9-13)25-12-20(24)26-11-19(23)22-21-16(4)7-15(3)8-17(21)5/h6-10H,11-12H2,1-5H3,(H,22,23). The first-order valence-electron chi connectivity index (χ1n) is 8.49. The lowest BCUT2D eigenvalue weighted by Crippen LogP contribution is -2.24. The molecule has 1 N–H and O–H groups in total. The van der Waals surface area contributed by atoms with Gasteiger partial charge in [-0.1, -0.05) is 23.8 Å². The highest BCUT2D eigenvalue weighted by atomic mass is 16.6. The Labute approximate surface area is 154 Å². The van der Waals surface area contributed by atoms with Gasteiger partial charge in [0.15, 0.2) is 13.2 Å². The van der Waals surface area contributed by atoms with E-state index in [-0.39, 0.29) is 19.1 Å². The zero-order chi connectivity index (χ0) is 19.3. The summed E-state index contributed by atoms with van der Waals surface area (Å²) in [5, 5.41) is 2.79. The predicted octanol–water partition coefficient (Wildman–Crippen LogP) is 3.79. The zero-order valence-electron chi connectivity index (χ0n) is 15.9. The molecule has 2 aromatic carbocycles. The molecule has 0 bridgehead atoms. The van der Waals surface area contributed by atoms with Crippen molar-refractivity contribution in [1.82, 2.24) is 0 Å². The molecule has 0 unspecified atom stereocenters. The average molecular weight is 355 g/mol. The Balaban J connectivity index is 1.82. The van der Waals surface area contributed by atoms with Gasteiger partial charge in [-0.15, -0.1) is 0 Å².